The molecule has 1 saturated carbocycles. The number of aromatic nitrogens is 2. The highest BCUT2D eigenvalue weighted by Gasteiger charge is 2.41. The number of aldehydes is 1. The Labute approximate surface area is 199 Å². The molecule has 2 bridgehead atoms. The molecule has 184 valence electrons. The molecule has 1 aromatic rings. The van der Waals surface area contributed by atoms with E-state index in [1.165, 1.54) is 32.1 Å². The van der Waals surface area contributed by atoms with Gasteiger partial charge in [0.15, 0.2) is 0 Å². The number of nitrogens with zero attached hydrogens (tertiary/aromatic N) is 5. The van der Waals surface area contributed by atoms with Gasteiger partial charge in [-0.25, -0.2) is 9.97 Å². The van der Waals surface area contributed by atoms with Crippen molar-refractivity contribution in [1.82, 2.24) is 19.8 Å². The molecule has 3 heterocycles. The summed E-state index contributed by atoms with van der Waals surface area (Å²) < 4.78 is 0. The van der Waals surface area contributed by atoms with Crippen LogP contribution in [0.15, 0.2) is 12.4 Å². The normalized spacial score (nSPS) is 23.4. The SMILES string of the molecule is CC(C)C=O.CC(C)N1CC2CCC(C1)N2c1ncc(CN(C)C(=O)C2CCCCC2)cn1. The van der Waals surface area contributed by atoms with Crippen molar-refractivity contribution in [2.24, 2.45) is 11.8 Å². The predicted molar refractivity (Wildman–Crippen MR) is 132 cm³/mol. The van der Waals surface area contributed by atoms with Gasteiger partial charge in [-0.1, -0.05) is 33.1 Å². The summed E-state index contributed by atoms with van der Waals surface area (Å²) in [5, 5.41) is 0. The molecule has 0 radical (unpaired) electrons. The lowest BCUT2D eigenvalue weighted by atomic mass is 9.88. The van der Waals surface area contributed by atoms with Crippen LogP contribution in [0.25, 0.3) is 0 Å². The Morgan fingerprint density at radius 1 is 1.03 bits per heavy atom. The fourth-order valence-corrected chi connectivity index (χ4v) is 5.26. The number of likely N-dealkylation sites (tertiary alicyclic amines) is 1. The lowest BCUT2D eigenvalue weighted by Gasteiger charge is -2.42. The minimum atomic E-state index is 0.204. The van der Waals surface area contributed by atoms with E-state index in [1.54, 1.807) is 0 Å². The monoisotopic (exact) mass is 457 g/mol. The van der Waals surface area contributed by atoms with Crippen LogP contribution in [0.1, 0.15) is 78.2 Å². The average molecular weight is 458 g/mol. The zero-order valence-corrected chi connectivity index (χ0v) is 21.2. The van der Waals surface area contributed by atoms with Crippen LogP contribution < -0.4 is 4.90 Å². The number of fused-ring (bicyclic) bond motifs is 2. The molecule has 1 aliphatic carbocycles. The molecular weight excluding hydrogens is 414 g/mol. The Hall–Kier alpha value is -2.02. The van der Waals surface area contributed by atoms with Crippen molar-refractivity contribution in [3.63, 3.8) is 0 Å². The highest BCUT2D eigenvalue weighted by Crippen LogP contribution is 2.33. The highest BCUT2D eigenvalue weighted by molar-refractivity contribution is 5.78. The molecule has 33 heavy (non-hydrogen) atoms. The second-order valence-corrected chi connectivity index (χ2v) is 10.6. The maximum atomic E-state index is 12.7. The second kappa shape index (κ2) is 11.9. The minimum absolute atomic E-state index is 0.204. The first kappa shape index (κ1) is 25.6. The number of amides is 1. The third kappa shape index (κ3) is 6.75. The van der Waals surface area contributed by atoms with E-state index in [0.717, 1.165) is 43.7 Å². The van der Waals surface area contributed by atoms with Crippen LogP contribution in [0.4, 0.5) is 5.95 Å². The molecule has 0 spiro atoms. The average Bonchev–Trinajstić information content (AvgIpc) is 3.08. The van der Waals surface area contributed by atoms with E-state index < -0.39 is 0 Å². The Kier molecular flexibility index (Phi) is 9.24. The number of carbonyl (C=O) groups is 2. The first-order valence-corrected chi connectivity index (χ1v) is 12.8. The number of carbonyl (C=O) groups excluding carboxylic acids is 2. The summed E-state index contributed by atoms with van der Waals surface area (Å²) in [6.07, 6.45) is 13.0. The van der Waals surface area contributed by atoms with E-state index >= 15 is 0 Å². The molecule has 2 saturated heterocycles. The van der Waals surface area contributed by atoms with Crippen molar-refractivity contribution in [1.29, 1.82) is 0 Å². The van der Waals surface area contributed by atoms with Gasteiger partial charge >= 0.3 is 0 Å². The van der Waals surface area contributed by atoms with Crippen molar-refractivity contribution in [2.45, 2.75) is 97.3 Å². The molecule has 1 aromatic heterocycles. The van der Waals surface area contributed by atoms with E-state index in [0.29, 0.717) is 24.7 Å². The van der Waals surface area contributed by atoms with Crippen molar-refractivity contribution in [3.8, 4) is 0 Å². The molecule has 4 rings (SSSR count). The Balaban J connectivity index is 0.000000555. The van der Waals surface area contributed by atoms with E-state index in [2.05, 4.69) is 23.6 Å². The summed E-state index contributed by atoms with van der Waals surface area (Å²) in [5.41, 5.74) is 1.02. The summed E-state index contributed by atoms with van der Waals surface area (Å²) in [5.74, 6) is 1.56. The van der Waals surface area contributed by atoms with Crippen molar-refractivity contribution in [2.75, 3.05) is 25.0 Å². The van der Waals surface area contributed by atoms with Crippen LogP contribution in [0.2, 0.25) is 0 Å². The fraction of sp³-hybridized carbons (Fsp3) is 0.769. The smallest absolute Gasteiger partial charge is 0.225 e. The molecule has 7 nitrogen and oxygen atoms in total. The molecule has 1 amide bonds. The molecule has 3 fully saturated rings. The molecule has 7 heteroatoms. The summed E-state index contributed by atoms with van der Waals surface area (Å²) in [7, 11) is 1.91. The summed E-state index contributed by atoms with van der Waals surface area (Å²) in [4.78, 5) is 38.5. The van der Waals surface area contributed by atoms with E-state index in [1.807, 2.05) is 38.2 Å². The highest BCUT2D eigenvalue weighted by atomic mass is 16.2. The Bertz CT molecular complexity index is 746. The van der Waals surface area contributed by atoms with Crippen LogP contribution in [0, 0.1) is 11.8 Å². The maximum absolute atomic E-state index is 12.7. The quantitative estimate of drug-likeness (QED) is 0.603. The standard InChI is InChI=1S/C22H35N5O.C4H8O/c1-16(2)26-14-19-9-10-20(15-26)27(19)22-23-11-17(12-24-22)13-25(3)21(28)18-7-5-4-6-8-18;1-4(2)3-5/h11-12,16,18-20H,4-10,13-15H2,1-3H3;3-4H,1-2H3. The van der Waals surface area contributed by atoms with E-state index in [4.69, 9.17) is 9.97 Å². The van der Waals surface area contributed by atoms with Crippen molar-refractivity contribution in [3.05, 3.63) is 18.0 Å². The second-order valence-electron chi connectivity index (χ2n) is 10.6. The molecule has 2 aliphatic heterocycles. The van der Waals surface area contributed by atoms with Crippen LogP contribution in [0.3, 0.4) is 0 Å². The van der Waals surface area contributed by atoms with Gasteiger partial charge in [0.05, 0.1) is 0 Å². The van der Waals surface area contributed by atoms with Gasteiger partial charge in [0.2, 0.25) is 11.9 Å². The zero-order valence-electron chi connectivity index (χ0n) is 21.2. The van der Waals surface area contributed by atoms with Gasteiger partial charge in [-0.05, 0) is 39.5 Å². The number of hydrogen-bond donors (Lipinski definition) is 0. The summed E-state index contributed by atoms with van der Waals surface area (Å²) >= 11 is 0. The molecule has 0 aromatic carbocycles. The first-order valence-electron chi connectivity index (χ1n) is 12.8. The van der Waals surface area contributed by atoms with Gasteiger partial charge in [0, 0.05) is 74.6 Å². The first-order chi connectivity index (χ1) is 15.8. The van der Waals surface area contributed by atoms with Crippen molar-refractivity contribution >= 4 is 18.1 Å². The van der Waals surface area contributed by atoms with Gasteiger partial charge in [-0.3, -0.25) is 9.69 Å². The third-order valence-electron chi connectivity index (χ3n) is 7.19. The van der Waals surface area contributed by atoms with Gasteiger partial charge in [-0.2, -0.15) is 0 Å². The van der Waals surface area contributed by atoms with Gasteiger partial charge in [0.25, 0.3) is 0 Å². The molecule has 3 aliphatic rings. The van der Waals surface area contributed by atoms with E-state index in [-0.39, 0.29) is 17.7 Å². The lowest BCUT2D eigenvalue weighted by molar-refractivity contribution is -0.135. The van der Waals surface area contributed by atoms with Crippen LogP contribution in [0.5, 0.6) is 0 Å². The molecule has 2 atom stereocenters. The van der Waals surface area contributed by atoms with Crippen LogP contribution in [-0.2, 0) is 16.1 Å². The van der Waals surface area contributed by atoms with Crippen molar-refractivity contribution < 1.29 is 9.59 Å². The maximum Gasteiger partial charge on any atom is 0.225 e. The molecule has 2 unspecified atom stereocenters. The van der Waals surface area contributed by atoms with Gasteiger partial charge in [-0.15, -0.1) is 0 Å². The number of hydrogen-bond acceptors (Lipinski definition) is 6. The lowest BCUT2D eigenvalue weighted by Crippen LogP contribution is -2.56. The minimum Gasteiger partial charge on any atom is -0.341 e. The number of anilines is 1. The Morgan fingerprint density at radius 2 is 1.58 bits per heavy atom. The fourth-order valence-electron chi connectivity index (χ4n) is 5.26. The summed E-state index contributed by atoms with van der Waals surface area (Å²) in [6, 6.07) is 1.66. The largest absolute Gasteiger partial charge is 0.341 e. The zero-order chi connectivity index (χ0) is 24.0. The number of piperazine rings is 1. The molecular formula is C26H43N5O2. The van der Waals surface area contributed by atoms with Gasteiger partial charge < -0.3 is 14.6 Å². The number of rotatable bonds is 6. The van der Waals surface area contributed by atoms with Crippen LogP contribution >= 0.6 is 0 Å². The Morgan fingerprint density at radius 3 is 2.06 bits per heavy atom. The van der Waals surface area contributed by atoms with E-state index in [9.17, 15) is 9.59 Å². The van der Waals surface area contributed by atoms with Gasteiger partial charge in [0.1, 0.15) is 6.29 Å². The summed E-state index contributed by atoms with van der Waals surface area (Å²) in [6.45, 7) is 11.1. The molecule has 0 N–H and O–H groups in total. The topological polar surface area (TPSA) is 69.6 Å². The van der Waals surface area contributed by atoms with Crippen LogP contribution in [-0.4, -0.2) is 70.2 Å². The predicted octanol–water partition coefficient (Wildman–Crippen LogP) is 3.92. The third-order valence-corrected chi connectivity index (χ3v) is 7.19.